The second-order valence-corrected chi connectivity index (χ2v) is 9.59. The molecule has 0 aliphatic rings. The second-order valence-electron chi connectivity index (χ2n) is 7.42. The number of ether oxygens (including phenoxy) is 2. The third kappa shape index (κ3) is 6.88. The lowest BCUT2D eigenvalue weighted by Crippen LogP contribution is -2.28. The highest BCUT2D eigenvalue weighted by molar-refractivity contribution is 7.47. The molecule has 3 aromatic rings. The molecule has 7 nitrogen and oxygen atoms in total. The van der Waals surface area contributed by atoms with Crippen molar-refractivity contribution < 1.29 is 32.9 Å². The molecule has 184 valence electrons. The van der Waals surface area contributed by atoms with Gasteiger partial charge in [-0.2, -0.15) is 4.39 Å². The Bertz CT molecular complexity index is 1260. The SMILES string of the molecule is C=CCOC(=O)c1cc2cc(C(F)=[P+]([O-])Oc3ccccc3N[C@@H](C)C(=O)OCCC)ccc2s1. The van der Waals surface area contributed by atoms with E-state index in [1.165, 1.54) is 35.6 Å². The minimum absolute atomic E-state index is 0.0735. The van der Waals surface area contributed by atoms with Gasteiger partial charge in [0.15, 0.2) is 0 Å². The highest BCUT2D eigenvalue weighted by Crippen LogP contribution is 2.34. The van der Waals surface area contributed by atoms with Crippen LogP contribution in [0.4, 0.5) is 10.1 Å². The summed E-state index contributed by atoms with van der Waals surface area (Å²) in [5, 5.41) is 3.56. The zero-order chi connectivity index (χ0) is 25.4. The average Bonchev–Trinajstić information content (AvgIpc) is 3.30. The van der Waals surface area contributed by atoms with Crippen molar-refractivity contribution in [2.45, 2.75) is 26.3 Å². The van der Waals surface area contributed by atoms with Crippen molar-refractivity contribution in [1.82, 2.24) is 0 Å². The quantitative estimate of drug-likeness (QED) is 0.212. The van der Waals surface area contributed by atoms with Gasteiger partial charge in [0, 0.05) is 4.70 Å². The molecule has 10 heteroatoms. The zero-order valence-corrected chi connectivity index (χ0v) is 21.0. The maximum Gasteiger partial charge on any atom is 0.348 e. The van der Waals surface area contributed by atoms with Crippen molar-refractivity contribution >= 4 is 52.6 Å². The van der Waals surface area contributed by atoms with E-state index in [1.54, 1.807) is 37.3 Å². The van der Waals surface area contributed by atoms with Crippen LogP contribution in [-0.4, -0.2) is 36.7 Å². The first-order chi connectivity index (χ1) is 16.8. The molecule has 3 rings (SSSR count). The molecule has 1 heterocycles. The number of hydrogen-bond donors (Lipinski definition) is 1. The average molecular weight is 518 g/mol. The van der Waals surface area contributed by atoms with Crippen molar-refractivity contribution in [3.8, 4) is 5.75 Å². The number of benzene rings is 2. The largest absolute Gasteiger partial charge is 0.593 e. The van der Waals surface area contributed by atoms with Gasteiger partial charge >= 0.3 is 25.5 Å². The topological polar surface area (TPSA) is 96.9 Å². The fourth-order valence-electron chi connectivity index (χ4n) is 3.00. The maximum absolute atomic E-state index is 15.1. The zero-order valence-electron chi connectivity index (χ0n) is 19.3. The van der Waals surface area contributed by atoms with Gasteiger partial charge in [-0.3, -0.25) is 4.52 Å². The Balaban J connectivity index is 1.79. The summed E-state index contributed by atoms with van der Waals surface area (Å²) < 4.78 is 31.4. The van der Waals surface area contributed by atoms with E-state index >= 15 is 4.39 Å². The van der Waals surface area contributed by atoms with Crippen LogP contribution in [0, 0.1) is 0 Å². The van der Waals surface area contributed by atoms with Gasteiger partial charge in [0.05, 0.1) is 17.9 Å². The van der Waals surface area contributed by atoms with Crippen LogP contribution in [-0.2, 0) is 14.3 Å². The van der Waals surface area contributed by atoms with Crippen molar-refractivity contribution in [1.29, 1.82) is 0 Å². The maximum atomic E-state index is 15.1. The molecule has 1 aromatic heterocycles. The summed E-state index contributed by atoms with van der Waals surface area (Å²) in [5.74, 6) is -0.813. The van der Waals surface area contributed by atoms with Crippen LogP contribution >= 0.6 is 19.3 Å². The fourth-order valence-corrected chi connectivity index (χ4v) is 4.70. The van der Waals surface area contributed by atoms with Crippen LogP contribution in [0.5, 0.6) is 5.75 Å². The molecule has 0 saturated carbocycles. The summed E-state index contributed by atoms with van der Waals surface area (Å²) in [7, 11) is -2.88. The molecule has 0 aliphatic carbocycles. The van der Waals surface area contributed by atoms with Crippen LogP contribution in [0.3, 0.4) is 0 Å². The normalized spacial score (nSPS) is 12.5. The molecule has 1 unspecified atom stereocenters. The van der Waals surface area contributed by atoms with Crippen LogP contribution in [0.15, 0.2) is 61.2 Å². The minimum atomic E-state index is -2.88. The molecule has 2 atom stereocenters. The summed E-state index contributed by atoms with van der Waals surface area (Å²) in [4.78, 5) is 37.2. The van der Waals surface area contributed by atoms with Crippen molar-refractivity contribution in [3.63, 3.8) is 0 Å². The lowest BCUT2D eigenvalue weighted by molar-refractivity contribution is -0.166. The molecule has 0 amide bonds. The molecule has 2 aromatic carbocycles. The predicted octanol–water partition coefficient (Wildman–Crippen LogP) is 5.20. The molecular weight excluding hydrogens is 492 g/mol. The number of nitrogens with one attached hydrogen (secondary N) is 1. The minimum Gasteiger partial charge on any atom is -0.593 e. The summed E-state index contributed by atoms with van der Waals surface area (Å²) in [6.07, 6.45) is 2.17. The van der Waals surface area contributed by atoms with Gasteiger partial charge in [-0.05, 0) is 55.1 Å². The smallest absolute Gasteiger partial charge is 0.348 e. The monoisotopic (exact) mass is 517 g/mol. The molecule has 0 radical (unpaired) electrons. The Morgan fingerprint density at radius 2 is 2.00 bits per heavy atom. The number of hydrogen-bond acceptors (Lipinski definition) is 8. The van der Waals surface area contributed by atoms with Crippen molar-refractivity contribution in [2.24, 2.45) is 0 Å². The van der Waals surface area contributed by atoms with Gasteiger partial charge in [-0.1, -0.05) is 31.7 Å². The molecular formula is C25H25FNO6PS. The number of carbonyl (C=O) groups is 2. The van der Waals surface area contributed by atoms with E-state index in [-0.39, 0.29) is 17.9 Å². The first-order valence-electron chi connectivity index (χ1n) is 10.9. The molecule has 1 N–H and O–H groups in total. The van der Waals surface area contributed by atoms with E-state index in [0.29, 0.717) is 29.0 Å². The summed E-state index contributed by atoms with van der Waals surface area (Å²) >= 11 is 1.21. The van der Waals surface area contributed by atoms with E-state index < -0.39 is 31.5 Å². The third-order valence-electron chi connectivity index (χ3n) is 4.69. The Kier molecular flexibility index (Phi) is 9.37. The number of fused-ring (bicyclic) bond motifs is 1. The molecule has 0 fully saturated rings. The van der Waals surface area contributed by atoms with E-state index in [2.05, 4.69) is 11.9 Å². The van der Waals surface area contributed by atoms with E-state index in [0.717, 1.165) is 4.70 Å². The van der Waals surface area contributed by atoms with E-state index in [1.807, 2.05) is 6.92 Å². The van der Waals surface area contributed by atoms with Gasteiger partial charge < -0.3 is 19.7 Å². The van der Waals surface area contributed by atoms with Gasteiger partial charge in [0.2, 0.25) is 5.75 Å². The molecule has 0 spiro atoms. The van der Waals surface area contributed by atoms with Crippen LogP contribution < -0.4 is 14.7 Å². The molecule has 0 saturated heterocycles. The van der Waals surface area contributed by atoms with Crippen LogP contribution in [0.25, 0.3) is 10.1 Å². The molecule has 0 aliphatic heterocycles. The number of rotatable bonds is 11. The standard InChI is InChI=1S/C25H25FNO6PS/c1-4-12-31-24(28)16(3)27-19-8-6-7-9-20(19)33-34(30)23(26)17-10-11-21-18(14-17)15-22(35-21)25(29)32-13-5-2/h5-11,14-16,27H,2,4,12-13H2,1,3H3/t16-/m0/s1. The number of thiophene rings is 1. The number of para-hydroxylation sites is 2. The fraction of sp³-hybridized carbons (Fsp3) is 0.240. The molecule has 35 heavy (non-hydrogen) atoms. The van der Waals surface area contributed by atoms with E-state index in [9.17, 15) is 14.5 Å². The number of carbonyl (C=O) groups excluding carboxylic acids is 2. The molecule has 0 bridgehead atoms. The summed E-state index contributed by atoms with van der Waals surface area (Å²) in [6, 6.07) is 12.0. The Morgan fingerprint density at radius 1 is 1.23 bits per heavy atom. The Hall–Kier alpha value is -3.26. The number of anilines is 1. The van der Waals surface area contributed by atoms with Gasteiger partial charge in [0.25, 0.3) is 0 Å². The first kappa shape index (κ1) is 26.3. The van der Waals surface area contributed by atoms with E-state index in [4.69, 9.17) is 14.0 Å². The number of halogens is 1. The van der Waals surface area contributed by atoms with Gasteiger partial charge in [-0.25, -0.2) is 9.59 Å². The predicted molar refractivity (Wildman–Crippen MR) is 136 cm³/mol. The van der Waals surface area contributed by atoms with Gasteiger partial charge in [0.1, 0.15) is 17.5 Å². The van der Waals surface area contributed by atoms with Gasteiger partial charge in [-0.15, -0.1) is 11.3 Å². The lowest BCUT2D eigenvalue weighted by atomic mass is 10.2. The number of esters is 2. The Morgan fingerprint density at radius 3 is 2.74 bits per heavy atom. The van der Waals surface area contributed by atoms with Crippen LogP contribution in [0.2, 0.25) is 0 Å². The second kappa shape index (κ2) is 12.4. The highest BCUT2D eigenvalue weighted by atomic mass is 32.1. The first-order valence-corrected chi connectivity index (χ1v) is 12.8. The summed E-state index contributed by atoms with van der Waals surface area (Å²) in [6.45, 7) is 7.42. The Labute approximate surface area is 207 Å². The summed E-state index contributed by atoms with van der Waals surface area (Å²) in [5.41, 5.74) is -0.501. The highest BCUT2D eigenvalue weighted by Gasteiger charge is 2.21. The van der Waals surface area contributed by atoms with Crippen molar-refractivity contribution in [2.75, 3.05) is 18.5 Å². The lowest BCUT2D eigenvalue weighted by Gasteiger charge is -2.15. The van der Waals surface area contributed by atoms with Crippen molar-refractivity contribution in [3.05, 3.63) is 71.6 Å². The third-order valence-corrected chi connectivity index (χ3v) is 6.73. The van der Waals surface area contributed by atoms with Crippen LogP contribution in [0.1, 0.15) is 35.5 Å².